The van der Waals surface area contributed by atoms with Crippen molar-refractivity contribution in [2.45, 2.75) is 0 Å². The summed E-state index contributed by atoms with van der Waals surface area (Å²) in [5, 5.41) is 8.92. The highest BCUT2D eigenvalue weighted by atomic mass is 16.5. The molecule has 0 atom stereocenters. The van der Waals surface area contributed by atoms with Crippen molar-refractivity contribution < 1.29 is 4.74 Å². The number of methoxy groups -OCH3 is 1. The average molecular weight is 286 g/mol. The summed E-state index contributed by atoms with van der Waals surface area (Å²) in [7, 11) is 1.66. The maximum Gasteiger partial charge on any atom is 0.128 e. The van der Waals surface area contributed by atoms with Gasteiger partial charge in [-0.15, -0.1) is 0 Å². The van der Waals surface area contributed by atoms with Crippen molar-refractivity contribution in [3.63, 3.8) is 0 Å². The summed E-state index contributed by atoms with van der Waals surface area (Å²) in [4.78, 5) is 4.53. The number of aromatic nitrogens is 1. The summed E-state index contributed by atoms with van der Waals surface area (Å²) in [6, 6.07) is 21.4. The molecule has 0 saturated carbocycles. The molecule has 0 radical (unpaired) electrons. The van der Waals surface area contributed by atoms with E-state index in [1.807, 2.05) is 60.7 Å². The molecule has 1 aromatic heterocycles. The van der Waals surface area contributed by atoms with E-state index < -0.39 is 0 Å². The van der Waals surface area contributed by atoms with E-state index in [1.165, 1.54) is 0 Å². The molecule has 0 bridgehead atoms. The second kappa shape index (κ2) is 6.11. The van der Waals surface area contributed by atoms with Crippen LogP contribution >= 0.6 is 0 Å². The van der Waals surface area contributed by atoms with Crippen LogP contribution in [0.4, 0.5) is 0 Å². The number of nitriles is 1. The maximum absolute atomic E-state index is 8.92. The molecule has 0 N–H and O–H groups in total. The lowest BCUT2D eigenvalue weighted by Crippen LogP contribution is -1.92. The number of benzene rings is 2. The van der Waals surface area contributed by atoms with Gasteiger partial charge in [0.25, 0.3) is 0 Å². The van der Waals surface area contributed by atoms with Crippen molar-refractivity contribution in [1.82, 2.24) is 4.98 Å². The summed E-state index contributed by atoms with van der Waals surface area (Å²) in [6.07, 6.45) is 1.77. The van der Waals surface area contributed by atoms with Crippen molar-refractivity contribution in [2.24, 2.45) is 0 Å². The molecule has 106 valence electrons. The van der Waals surface area contributed by atoms with Gasteiger partial charge in [-0.3, -0.25) is 4.98 Å². The maximum atomic E-state index is 8.92. The van der Waals surface area contributed by atoms with Crippen molar-refractivity contribution in [2.75, 3.05) is 7.11 Å². The minimum Gasteiger partial charge on any atom is -0.496 e. The van der Waals surface area contributed by atoms with Gasteiger partial charge in [-0.1, -0.05) is 30.3 Å². The smallest absolute Gasteiger partial charge is 0.128 e. The summed E-state index contributed by atoms with van der Waals surface area (Å²) in [5.41, 5.74) is 4.49. The lowest BCUT2D eigenvalue weighted by Gasteiger charge is -2.12. The number of pyridine rings is 1. The van der Waals surface area contributed by atoms with Crippen LogP contribution in [-0.2, 0) is 0 Å². The molecule has 3 heteroatoms. The van der Waals surface area contributed by atoms with Crippen LogP contribution in [0.3, 0.4) is 0 Å². The number of para-hydroxylation sites is 1. The second-order valence-corrected chi connectivity index (χ2v) is 4.79. The highest BCUT2D eigenvalue weighted by molar-refractivity contribution is 5.83. The van der Waals surface area contributed by atoms with E-state index in [0.717, 1.165) is 28.1 Å². The van der Waals surface area contributed by atoms with Crippen LogP contribution in [0.5, 0.6) is 5.75 Å². The number of hydrogen-bond donors (Lipinski definition) is 0. The van der Waals surface area contributed by atoms with Gasteiger partial charge < -0.3 is 4.74 Å². The largest absolute Gasteiger partial charge is 0.496 e. The van der Waals surface area contributed by atoms with E-state index in [2.05, 4.69) is 11.1 Å². The first-order valence-corrected chi connectivity index (χ1v) is 6.92. The monoisotopic (exact) mass is 286 g/mol. The molecule has 0 amide bonds. The van der Waals surface area contributed by atoms with Gasteiger partial charge in [0.15, 0.2) is 0 Å². The first kappa shape index (κ1) is 13.8. The van der Waals surface area contributed by atoms with Crippen LogP contribution in [0.15, 0.2) is 66.9 Å². The van der Waals surface area contributed by atoms with Gasteiger partial charge in [0.1, 0.15) is 5.75 Å². The lowest BCUT2D eigenvalue weighted by atomic mass is 9.98. The fourth-order valence-electron chi connectivity index (χ4n) is 2.42. The zero-order chi connectivity index (χ0) is 15.4. The van der Waals surface area contributed by atoms with Gasteiger partial charge in [-0.05, 0) is 35.9 Å². The Morgan fingerprint density at radius 1 is 0.909 bits per heavy atom. The molecule has 2 aromatic carbocycles. The van der Waals surface area contributed by atoms with Crippen molar-refractivity contribution in [1.29, 1.82) is 5.26 Å². The minimum absolute atomic E-state index is 0.645. The van der Waals surface area contributed by atoms with E-state index in [-0.39, 0.29) is 0 Å². The number of rotatable bonds is 3. The number of nitrogens with zero attached hydrogens (tertiary/aromatic N) is 2. The fourth-order valence-corrected chi connectivity index (χ4v) is 2.42. The third-order valence-electron chi connectivity index (χ3n) is 3.49. The van der Waals surface area contributed by atoms with E-state index in [1.54, 1.807) is 13.3 Å². The lowest BCUT2D eigenvalue weighted by molar-refractivity contribution is 0.416. The van der Waals surface area contributed by atoms with Crippen molar-refractivity contribution >= 4 is 0 Å². The topological polar surface area (TPSA) is 45.9 Å². The molecule has 3 rings (SSSR count). The highest BCUT2D eigenvalue weighted by Gasteiger charge is 2.12. The third kappa shape index (κ3) is 2.55. The Bertz CT molecular complexity index is 833. The Morgan fingerprint density at radius 3 is 2.36 bits per heavy atom. The molecule has 22 heavy (non-hydrogen) atoms. The molecule has 3 nitrogen and oxygen atoms in total. The van der Waals surface area contributed by atoms with Gasteiger partial charge in [-0.25, -0.2) is 0 Å². The average Bonchev–Trinajstić information content (AvgIpc) is 2.62. The Kier molecular flexibility index (Phi) is 3.84. The summed E-state index contributed by atoms with van der Waals surface area (Å²) < 4.78 is 5.44. The van der Waals surface area contributed by atoms with Gasteiger partial charge in [-0.2, -0.15) is 5.26 Å². The second-order valence-electron chi connectivity index (χ2n) is 4.79. The standard InChI is InChI=1S/C19H14N2O/c1-22-18-7-3-2-5-17(18)19-16(6-4-12-21-19)15-10-8-14(13-20)9-11-15/h2-12H,1H3. The zero-order valence-electron chi connectivity index (χ0n) is 12.2. The van der Waals surface area contributed by atoms with Crippen LogP contribution in [-0.4, -0.2) is 12.1 Å². The molecule has 0 saturated heterocycles. The molecular weight excluding hydrogens is 272 g/mol. The Morgan fingerprint density at radius 2 is 1.64 bits per heavy atom. The van der Waals surface area contributed by atoms with E-state index >= 15 is 0 Å². The van der Waals surface area contributed by atoms with Gasteiger partial charge in [0, 0.05) is 17.3 Å². The third-order valence-corrected chi connectivity index (χ3v) is 3.49. The summed E-state index contributed by atoms with van der Waals surface area (Å²) >= 11 is 0. The molecule has 0 aliphatic carbocycles. The zero-order valence-corrected chi connectivity index (χ0v) is 12.2. The van der Waals surface area contributed by atoms with Crippen LogP contribution in [0, 0.1) is 11.3 Å². The van der Waals surface area contributed by atoms with Gasteiger partial charge >= 0.3 is 0 Å². The Hall–Kier alpha value is -3.12. The van der Waals surface area contributed by atoms with Crippen LogP contribution in [0.2, 0.25) is 0 Å². The molecular formula is C19H14N2O. The predicted octanol–water partition coefficient (Wildman–Crippen LogP) is 4.30. The number of ether oxygens (including phenoxy) is 1. The highest BCUT2D eigenvalue weighted by Crippen LogP contribution is 2.35. The SMILES string of the molecule is COc1ccccc1-c1ncccc1-c1ccc(C#N)cc1. The van der Waals surface area contributed by atoms with Crippen molar-refractivity contribution in [3.8, 4) is 34.2 Å². The molecule has 0 aliphatic heterocycles. The van der Waals surface area contributed by atoms with Crippen LogP contribution in [0.25, 0.3) is 22.4 Å². The molecule has 0 unspecified atom stereocenters. The Labute approximate surface area is 129 Å². The minimum atomic E-state index is 0.645. The number of hydrogen-bond acceptors (Lipinski definition) is 3. The molecule has 1 heterocycles. The molecule has 0 aliphatic rings. The van der Waals surface area contributed by atoms with E-state index in [9.17, 15) is 0 Å². The summed E-state index contributed by atoms with van der Waals surface area (Å²) in [5.74, 6) is 0.788. The fraction of sp³-hybridized carbons (Fsp3) is 0.0526. The Balaban J connectivity index is 2.16. The van der Waals surface area contributed by atoms with E-state index in [0.29, 0.717) is 5.56 Å². The van der Waals surface area contributed by atoms with Crippen LogP contribution in [0.1, 0.15) is 5.56 Å². The van der Waals surface area contributed by atoms with Crippen molar-refractivity contribution in [3.05, 3.63) is 72.4 Å². The van der Waals surface area contributed by atoms with Gasteiger partial charge in [0.05, 0.1) is 24.4 Å². The normalized spacial score (nSPS) is 10.0. The molecule has 0 fully saturated rings. The quantitative estimate of drug-likeness (QED) is 0.721. The molecule has 3 aromatic rings. The summed E-state index contributed by atoms with van der Waals surface area (Å²) in [6.45, 7) is 0. The predicted molar refractivity (Wildman–Crippen MR) is 86.4 cm³/mol. The van der Waals surface area contributed by atoms with Gasteiger partial charge in [0.2, 0.25) is 0 Å². The first-order valence-electron chi connectivity index (χ1n) is 6.92. The van der Waals surface area contributed by atoms with E-state index in [4.69, 9.17) is 10.00 Å². The molecule has 0 spiro atoms. The first-order chi connectivity index (χ1) is 10.8. The van der Waals surface area contributed by atoms with Crippen LogP contribution < -0.4 is 4.74 Å².